The second-order valence-corrected chi connectivity index (χ2v) is 3.79. The summed E-state index contributed by atoms with van der Waals surface area (Å²) < 4.78 is 0. The highest BCUT2D eigenvalue weighted by Gasteiger charge is 2.19. The molecule has 0 amide bonds. The quantitative estimate of drug-likeness (QED) is 0.608. The first-order valence-electron chi connectivity index (χ1n) is 4.92. The van der Waals surface area contributed by atoms with E-state index in [1.165, 1.54) is 0 Å². The van der Waals surface area contributed by atoms with E-state index in [9.17, 15) is 5.11 Å². The lowest BCUT2D eigenvalue weighted by molar-refractivity contribution is 0.0746. The van der Waals surface area contributed by atoms with Crippen molar-refractivity contribution >= 4 is 0 Å². The fraction of sp³-hybridized carbons (Fsp3) is 0.818. The highest BCUT2D eigenvalue weighted by atomic mass is 16.3. The van der Waals surface area contributed by atoms with E-state index >= 15 is 0 Å². The Balaban J connectivity index is 3.98. The van der Waals surface area contributed by atoms with E-state index in [1.807, 2.05) is 6.08 Å². The maximum absolute atomic E-state index is 9.76. The number of allylic oxidation sites excluding steroid dienone is 1. The molecule has 0 bridgehead atoms. The van der Waals surface area contributed by atoms with Gasteiger partial charge in [0.2, 0.25) is 0 Å². The Morgan fingerprint density at radius 3 is 2.33 bits per heavy atom. The molecule has 0 aromatic rings. The number of rotatable bonds is 6. The van der Waals surface area contributed by atoms with Gasteiger partial charge < -0.3 is 5.11 Å². The minimum atomic E-state index is -0.145. The summed E-state index contributed by atoms with van der Waals surface area (Å²) in [7, 11) is 0. The summed E-state index contributed by atoms with van der Waals surface area (Å²) in [6.07, 6.45) is 4.66. The van der Waals surface area contributed by atoms with Crippen LogP contribution < -0.4 is 0 Å². The van der Waals surface area contributed by atoms with Crippen molar-refractivity contribution in [3.8, 4) is 0 Å². The first-order chi connectivity index (χ1) is 5.63. The molecule has 72 valence electrons. The average molecular weight is 170 g/mol. The van der Waals surface area contributed by atoms with Gasteiger partial charge in [-0.25, -0.2) is 0 Å². The molecule has 0 saturated heterocycles. The van der Waals surface area contributed by atoms with E-state index in [1.54, 1.807) is 0 Å². The zero-order chi connectivity index (χ0) is 9.56. The van der Waals surface area contributed by atoms with Crippen molar-refractivity contribution < 1.29 is 5.11 Å². The lowest BCUT2D eigenvalue weighted by Crippen LogP contribution is -2.24. The third-order valence-corrected chi connectivity index (χ3v) is 2.37. The van der Waals surface area contributed by atoms with E-state index in [2.05, 4.69) is 27.4 Å². The van der Waals surface area contributed by atoms with Crippen LogP contribution in [-0.4, -0.2) is 11.2 Å². The average Bonchev–Trinajstić information content (AvgIpc) is 1.99. The number of hydrogen-bond donors (Lipinski definition) is 1. The molecule has 2 atom stereocenters. The number of aliphatic hydroxyl groups excluding tert-OH is 1. The van der Waals surface area contributed by atoms with E-state index in [4.69, 9.17) is 0 Å². The Morgan fingerprint density at radius 2 is 2.00 bits per heavy atom. The van der Waals surface area contributed by atoms with Crippen LogP contribution in [0.5, 0.6) is 0 Å². The highest BCUT2D eigenvalue weighted by molar-refractivity contribution is 4.79. The van der Waals surface area contributed by atoms with Crippen molar-refractivity contribution in [2.24, 2.45) is 11.8 Å². The Labute approximate surface area is 76.5 Å². The van der Waals surface area contributed by atoms with Crippen LogP contribution in [0.4, 0.5) is 0 Å². The molecule has 0 aromatic heterocycles. The first kappa shape index (κ1) is 11.7. The summed E-state index contributed by atoms with van der Waals surface area (Å²) >= 11 is 0. The largest absolute Gasteiger partial charge is 0.393 e. The third kappa shape index (κ3) is 3.91. The zero-order valence-corrected chi connectivity index (χ0v) is 8.59. The fourth-order valence-corrected chi connectivity index (χ4v) is 1.58. The lowest BCUT2D eigenvalue weighted by Gasteiger charge is -2.24. The molecule has 0 saturated carbocycles. The van der Waals surface area contributed by atoms with Gasteiger partial charge in [-0.3, -0.25) is 0 Å². The molecule has 12 heavy (non-hydrogen) atoms. The zero-order valence-electron chi connectivity index (χ0n) is 8.59. The van der Waals surface area contributed by atoms with Gasteiger partial charge in [0.15, 0.2) is 0 Å². The molecule has 0 fully saturated rings. The molecule has 0 aliphatic rings. The van der Waals surface area contributed by atoms with Gasteiger partial charge in [0.25, 0.3) is 0 Å². The molecular formula is C11H22O. The topological polar surface area (TPSA) is 20.2 Å². The summed E-state index contributed by atoms with van der Waals surface area (Å²) in [4.78, 5) is 0. The van der Waals surface area contributed by atoms with Gasteiger partial charge in [-0.2, -0.15) is 0 Å². The van der Waals surface area contributed by atoms with Crippen LogP contribution in [0.1, 0.15) is 40.0 Å². The van der Waals surface area contributed by atoms with Gasteiger partial charge in [-0.15, -0.1) is 6.58 Å². The molecule has 0 aliphatic heterocycles. The molecule has 0 aromatic carbocycles. The molecule has 0 heterocycles. The standard InChI is InChI=1S/C11H22O/c1-5-7-10(9(3)4)11(12)8-6-2/h5,9-12H,1,6-8H2,2-4H3/t10?,11-/m1/s1. The summed E-state index contributed by atoms with van der Waals surface area (Å²) in [5, 5.41) is 9.76. The summed E-state index contributed by atoms with van der Waals surface area (Å²) in [6.45, 7) is 10.1. The Kier molecular flexibility index (Phi) is 6.09. The number of hydrogen-bond acceptors (Lipinski definition) is 1. The van der Waals surface area contributed by atoms with E-state index in [-0.39, 0.29) is 6.10 Å². The normalized spacial score (nSPS) is 16.1. The summed E-state index contributed by atoms with van der Waals surface area (Å²) in [5.74, 6) is 0.937. The van der Waals surface area contributed by atoms with Crippen LogP contribution in [0.25, 0.3) is 0 Å². The lowest BCUT2D eigenvalue weighted by atomic mass is 9.85. The van der Waals surface area contributed by atoms with Gasteiger partial charge >= 0.3 is 0 Å². The minimum Gasteiger partial charge on any atom is -0.393 e. The predicted molar refractivity (Wildman–Crippen MR) is 54.1 cm³/mol. The van der Waals surface area contributed by atoms with Crippen LogP contribution in [-0.2, 0) is 0 Å². The highest BCUT2D eigenvalue weighted by Crippen LogP contribution is 2.22. The second-order valence-electron chi connectivity index (χ2n) is 3.79. The van der Waals surface area contributed by atoms with Gasteiger partial charge in [0.05, 0.1) is 6.10 Å². The Hall–Kier alpha value is -0.300. The van der Waals surface area contributed by atoms with E-state index in [0.717, 1.165) is 19.3 Å². The molecule has 0 rings (SSSR count). The Morgan fingerprint density at radius 1 is 1.42 bits per heavy atom. The summed E-state index contributed by atoms with van der Waals surface area (Å²) in [5.41, 5.74) is 0. The van der Waals surface area contributed by atoms with Crippen molar-refractivity contribution in [1.82, 2.24) is 0 Å². The molecule has 0 spiro atoms. The third-order valence-electron chi connectivity index (χ3n) is 2.37. The van der Waals surface area contributed by atoms with Crippen molar-refractivity contribution in [3.63, 3.8) is 0 Å². The predicted octanol–water partition coefficient (Wildman–Crippen LogP) is 3.00. The maximum atomic E-state index is 9.76. The first-order valence-corrected chi connectivity index (χ1v) is 4.92. The molecule has 0 radical (unpaired) electrons. The fourth-order valence-electron chi connectivity index (χ4n) is 1.58. The van der Waals surface area contributed by atoms with E-state index < -0.39 is 0 Å². The van der Waals surface area contributed by atoms with Crippen molar-refractivity contribution in [2.45, 2.75) is 46.1 Å². The second kappa shape index (κ2) is 6.24. The van der Waals surface area contributed by atoms with Gasteiger partial charge in [-0.1, -0.05) is 33.3 Å². The van der Waals surface area contributed by atoms with Crippen LogP contribution >= 0.6 is 0 Å². The van der Waals surface area contributed by atoms with Gasteiger partial charge in [-0.05, 0) is 24.7 Å². The molecule has 1 heteroatoms. The van der Waals surface area contributed by atoms with Crippen molar-refractivity contribution in [2.75, 3.05) is 0 Å². The van der Waals surface area contributed by atoms with Crippen LogP contribution in [0.15, 0.2) is 12.7 Å². The molecule has 1 nitrogen and oxygen atoms in total. The van der Waals surface area contributed by atoms with E-state index in [0.29, 0.717) is 11.8 Å². The molecule has 0 aliphatic carbocycles. The van der Waals surface area contributed by atoms with Gasteiger partial charge in [0, 0.05) is 0 Å². The summed E-state index contributed by atoms with van der Waals surface area (Å²) in [6, 6.07) is 0. The van der Waals surface area contributed by atoms with Gasteiger partial charge in [0.1, 0.15) is 0 Å². The maximum Gasteiger partial charge on any atom is 0.0573 e. The smallest absolute Gasteiger partial charge is 0.0573 e. The van der Waals surface area contributed by atoms with Crippen LogP contribution in [0, 0.1) is 11.8 Å². The molecular weight excluding hydrogens is 148 g/mol. The van der Waals surface area contributed by atoms with Crippen LogP contribution in [0.3, 0.4) is 0 Å². The minimum absolute atomic E-state index is 0.145. The number of aliphatic hydroxyl groups is 1. The Bertz CT molecular complexity index is 118. The van der Waals surface area contributed by atoms with Crippen LogP contribution in [0.2, 0.25) is 0 Å². The van der Waals surface area contributed by atoms with Crippen molar-refractivity contribution in [1.29, 1.82) is 0 Å². The SMILES string of the molecule is C=CCC(C(C)C)[C@H](O)CCC. The monoisotopic (exact) mass is 170 g/mol. The molecule has 1 N–H and O–H groups in total. The molecule has 1 unspecified atom stereocenters. The van der Waals surface area contributed by atoms with Crippen molar-refractivity contribution in [3.05, 3.63) is 12.7 Å².